The van der Waals surface area contributed by atoms with E-state index in [1.54, 1.807) is 13.2 Å². The monoisotopic (exact) mass is 648 g/mol. The maximum atomic E-state index is 12.8. The van der Waals surface area contributed by atoms with Crippen LogP contribution in [0.4, 0.5) is 0 Å². The van der Waals surface area contributed by atoms with Gasteiger partial charge in [0.15, 0.2) is 12.0 Å². The molecule has 6 aliphatic rings. The molecule has 2 N–H and O–H groups in total. The fourth-order valence-electron chi connectivity index (χ4n) is 10.4. The molecule has 0 aromatic rings. The van der Waals surface area contributed by atoms with E-state index < -0.39 is 42.6 Å². The number of aliphatic hydroxyl groups excluding tert-OH is 1. The number of hydrogen-bond donors (Lipinski definition) is 2. The molecular formula is C36H56O10. The van der Waals surface area contributed by atoms with Crippen molar-refractivity contribution in [2.75, 3.05) is 21.0 Å². The zero-order valence-electron chi connectivity index (χ0n) is 28.7. The quantitative estimate of drug-likeness (QED) is 0.266. The van der Waals surface area contributed by atoms with Crippen molar-refractivity contribution < 1.29 is 48.2 Å². The van der Waals surface area contributed by atoms with Gasteiger partial charge >= 0.3 is 0 Å². The number of methoxy groups -OCH3 is 2. The van der Waals surface area contributed by atoms with Crippen molar-refractivity contribution >= 4 is 5.78 Å². The first-order valence-corrected chi connectivity index (χ1v) is 17.5. The predicted octanol–water partition coefficient (Wildman–Crippen LogP) is 4.80. The Kier molecular flexibility index (Phi) is 9.87. The highest BCUT2D eigenvalue weighted by atomic mass is 16.7. The Bertz CT molecular complexity index is 1190. The molecule has 1 unspecified atom stereocenters. The van der Waals surface area contributed by atoms with E-state index in [1.807, 2.05) is 20.8 Å². The van der Waals surface area contributed by atoms with Gasteiger partial charge in [0, 0.05) is 18.9 Å². The van der Waals surface area contributed by atoms with Crippen LogP contribution < -0.4 is 0 Å². The van der Waals surface area contributed by atoms with Gasteiger partial charge in [0.1, 0.15) is 12.9 Å². The molecule has 0 amide bonds. The van der Waals surface area contributed by atoms with E-state index in [-0.39, 0.29) is 35.6 Å². The number of carbonyl (C=O) groups excluding carboxylic acids is 1. The van der Waals surface area contributed by atoms with Crippen molar-refractivity contribution in [3.05, 3.63) is 23.5 Å². The standard InChI is InChI=1S/C36H56O10/c1-20-16-28(41-7)32(38)33(43-20)46-24-10-13-34(4)23(17-24)8-9-25-26(34)11-14-35(5)27(25)12-15-36(35,39)22(3)45-30-18-29(42-19-40-6)31(37)21(2)44-30/h8,16,20-22,24-27,29-31,33,37,39H,9-15,17-19H2,1-7H3/t20-,21-,22+,24+,25-,26+,27+,29-,30+,31-,33?,34+,35+,36+/m1/s1. The highest BCUT2D eigenvalue weighted by Gasteiger charge is 2.65. The summed E-state index contributed by atoms with van der Waals surface area (Å²) in [5, 5.41) is 23.0. The fraction of sp³-hybridized carbons (Fsp3) is 0.861. The van der Waals surface area contributed by atoms with Gasteiger partial charge in [0.25, 0.3) is 5.78 Å². The van der Waals surface area contributed by atoms with E-state index in [0.29, 0.717) is 36.4 Å². The van der Waals surface area contributed by atoms with Crippen molar-refractivity contribution in [3.63, 3.8) is 0 Å². The molecule has 2 heterocycles. The molecule has 4 aliphatic carbocycles. The summed E-state index contributed by atoms with van der Waals surface area (Å²) in [4.78, 5) is 12.8. The number of aliphatic hydroxyl groups is 2. The molecule has 3 saturated carbocycles. The van der Waals surface area contributed by atoms with Gasteiger partial charge < -0.3 is 43.4 Å². The third-order valence-corrected chi connectivity index (χ3v) is 13.1. The summed E-state index contributed by atoms with van der Waals surface area (Å²) < 4.78 is 40.7. The van der Waals surface area contributed by atoms with Crippen molar-refractivity contribution in [1.29, 1.82) is 0 Å². The smallest absolute Gasteiger partial charge is 0.252 e. The number of carbonyl (C=O) groups is 1. The number of ketones is 1. The van der Waals surface area contributed by atoms with Gasteiger partial charge in [-0.15, -0.1) is 0 Å². The number of hydrogen-bond acceptors (Lipinski definition) is 10. The number of ether oxygens (including phenoxy) is 7. The van der Waals surface area contributed by atoms with Crippen LogP contribution in [0.5, 0.6) is 0 Å². The van der Waals surface area contributed by atoms with Crippen LogP contribution in [0.1, 0.15) is 92.4 Å². The van der Waals surface area contributed by atoms with Crippen LogP contribution in [0.3, 0.4) is 0 Å². The Morgan fingerprint density at radius 1 is 1.07 bits per heavy atom. The van der Waals surface area contributed by atoms with Gasteiger partial charge in [0.2, 0.25) is 6.29 Å². The first-order valence-electron chi connectivity index (χ1n) is 17.5. The largest absolute Gasteiger partial charge is 0.493 e. The lowest BCUT2D eigenvalue weighted by Gasteiger charge is -2.59. The number of allylic oxidation sites excluding steroid dienone is 1. The molecule has 260 valence electrons. The van der Waals surface area contributed by atoms with Gasteiger partial charge in [0.05, 0.1) is 43.2 Å². The van der Waals surface area contributed by atoms with E-state index in [1.165, 1.54) is 12.7 Å². The van der Waals surface area contributed by atoms with Crippen LogP contribution in [0.15, 0.2) is 23.5 Å². The summed E-state index contributed by atoms with van der Waals surface area (Å²) in [5.74, 6) is 1.50. The third-order valence-electron chi connectivity index (χ3n) is 13.1. The third kappa shape index (κ3) is 5.82. The van der Waals surface area contributed by atoms with E-state index in [2.05, 4.69) is 19.9 Å². The van der Waals surface area contributed by atoms with Gasteiger partial charge in [-0.1, -0.05) is 25.5 Å². The van der Waals surface area contributed by atoms with Crippen LogP contribution in [0.2, 0.25) is 0 Å². The van der Waals surface area contributed by atoms with Crippen molar-refractivity contribution in [2.45, 2.75) is 147 Å². The SMILES string of the molecule is COCO[C@@H]1C[C@H](O[C@@H](C)[C@@]2(O)CC[C@H]3[C@@H]4CC=C5C[C@@H](OC6O[C@H](C)C=C(OC)C6=O)CC[C@]5(C)[C@H]4CC[C@@]32C)O[C@H](C)[C@H]1O. The number of rotatable bonds is 9. The number of Topliss-reactive ketones (excluding diaryl/α,β-unsaturated/α-hetero) is 1. The summed E-state index contributed by atoms with van der Waals surface area (Å²) in [6.07, 6.45) is 7.98. The molecular weight excluding hydrogens is 592 g/mol. The maximum absolute atomic E-state index is 12.8. The molecule has 4 fully saturated rings. The first-order chi connectivity index (χ1) is 21.8. The molecule has 1 saturated heterocycles. The zero-order chi connectivity index (χ0) is 33.0. The molecule has 0 radical (unpaired) electrons. The molecule has 0 aromatic carbocycles. The van der Waals surface area contributed by atoms with Gasteiger partial charge in [-0.2, -0.15) is 0 Å². The second-order valence-corrected chi connectivity index (χ2v) is 15.3. The molecule has 6 rings (SSSR count). The summed E-state index contributed by atoms with van der Waals surface area (Å²) >= 11 is 0. The Morgan fingerprint density at radius 3 is 2.57 bits per heavy atom. The van der Waals surface area contributed by atoms with Crippen molar-refractivity contribution in [1.82, 2.24) is 0 Å². The Hall–Kier alpha value is -1.37. The first kappa shape index (κ1) is 34.5. The maximum Gasteiger partial charge on any atom is 0.252 e. The Balaban J connectivity index is 1.12. The lowest BCUT2D eigenvalue weighted by molar-refractivity contribution is -0.296. The number of fused-ring (bicyclic) bond motifs is 5. The van der Waals surface area contributed by atoms with Crippen LogP contribution in [-0.4, -0.2) is 91.8 Å². The van der Waals surface area contributed by atoms with Crippen molar-refractivity contribution in [3.8, 4) is 0 Å². The minimum atomic E-state index is -0.982. The van der Waals surface area contributed by atoms with Gasteiger partial charge in [-0.3, -0.25) is 4.79 Å². The van der Waals surface area contributed by atoms with Gasteiger partial charge in [-0.25, -0.2) is 0 Å². The normalized spacial score (nSPS) is 48.1. The van der Waals surface area contributed by atoms with Crippen LogP contribution in [0, 0.1) is 28.6 Å². The molecule has 46 heavy (non-hydrogen) atoms. The average molecular weight is 649 g/mol. The summed E-state index contributed by atoms with van der Waals surface area (Å²) in [7, 11) is 3.07. The van der Waals surface area contributed by atoms with E-state index in [0.717, 1.165) is 44.9 Å². The zero-order valence-corrected chi connectivity index (χ0v) is 28.7. The van der Waals surface area contributed by atoms with E-state index in [9.17, 15) is 15.0 Å². The molecule has 0 bridgehead atoms. The summed E-state index contributed by atoms with van der Waals surface area (Å²) in [6.45, 7) is 10.5. The minimum Gasteiger partial charge on any atom is -0.493 e. The second-order valence-electron chi connectivity index (χ2n) is 15.3. The summed E-state index contributed by atoms with van der Waals surface area (Å²) in [5.41, 5.74) is 0.278. The van der Waals surface area contributed by atoms with Crippen molar-refractivity contribution in [2.24, 2.45) is 28.6 Å². The Morgan fingerprint density at radius 2 is 1.83 bits per heavy atom. The average Bonchev–Trinajstić information content (AvgIpc) is 3.31. The van der Waals surface area contributed by atoms with Crippen LogP contribution in [-0.2, 0) is 38.0 Å². The highest BCUT2D eigenvalue weighted by Crippen LogP contribution is 2.68. The topological polar surface area (TPSA) is 122 Å². The molecule has 2 aliphatic heterocycles. The van der Waals surface area contributed by atoms with Crippen LogP contribution in [0.25, 0.3) is 0 Å². The minimum absolute atomic E-state index is 0.0676. The van der Waals surface area contributed by atoms with E-state index in [4.69, 9.17) is 33.2 Å². The lowest BCUT2D eigenvalue weighted by atomic mass is 9.46. The fourth-order valence-corrected chi connectivity index (χ4v) is 10.4. The molecule has 10 heteroatoms. The van der Waals surface area contributed by atoms with E-state index >= 15 is 0 Å². The highest BCUT2D eigenvalue weighted by molar-refractivity contribution is 5.96. The predicted molar refractivity (Wildman–Crippen MR) is 168 cm³/mol. The second kappa shape index (κ2) is 13.2. The molecule has 10 nitrogen and oxygen atoms in total. The Labute approximate surface area is 274 Å². The summed E-state index contributed by atoms with van der Waals surface area (Å²) in [6, 6.07) is 0. The van der Waals surface area contributed by atoms with Crippen LogP contribution >= 0.6 is 0 Å². The van der Waals surface area contributed by atoms with Gasteiger partial charge in [-0.05, 0) is 101 Å². The lowest BCUT2D eigenvalue weighted by Crippen LogP contribution is -2.59. The molecule has 0 aromatic heterocycles. The molecule has 14 atom stereocenters. The molecule has 0 spiro atoms.